The molecule has 0 radical (unpaired) electrons. The van der Waals surface area contributed by atoms with Crippen molar-refractivity contribution in [3.8, 4) is 22.8 Å². The van der Waals surface area contributed by atoms with Crippen molar-refractivity contribution >= 4 is 5.65 Å². The van der Waals surface area contributed by atoms with Gasteiger partial charge in [-0.15, -0.1) is 0 Å². The van der Waals surface area contributed by atoms with Gasteiger partial charge >= 0.3 is 0 Å². The fourth-order valence-electron chi connectivity index (χ4n) is 2.32. The first-order valence-electron chi connectivity index (χ1n) is 6.27. The third-order valence-corrected chi connectivity index (χ3v) is 3.31. The molecule has 0 N–H and O–H groups in total. The van der Waals surface area contributed by atoms with Crippen molar-refractivity contribution in [3.05, 3.63) is 42.2 Å². The van der Waals surface area contributed by atoms with Crippen LogP contribution in [0.1, 0.15) is 5.56 Å². The Morgan fingerprint density at radius 3 is 2.65 bits per heavy atom. The number of rotatable bonds is 3. The lowest BCUT2D eigenvalue weighted by Crippen LogP contribution is -1.98. The number of benzene rings is 1. The molecule has 0 saturated carbocycles. The van der Waals surface area contributed by atoms with E-state index in [-0.39, 0.29) is 0 Å². The average Bonchev–Trinajstić information content (AvgIpc) is 2.94. The van der Waals surface area contributed by atoms with E-state index in [1.807, 2.05) is 37.4 Å². The van der Waals surface area contributed by atoms with E-state index in [1.165, 1.54) is 0 Å². The molecule has 0 bridgehead atoms. The molecule has 0 saturated heterocycles. The largest absolute Gasteiger partial charge is 0.496 e. The molecule has 0 aliphatic heterocycles. The number of nitrogens with zero attached hydrogens (tertiary/aromatic N) is 3. The normalized spacial score (nSPS) is 10.8. The summed E-state index contributed by atoms with van der Waals surface area (Å²) in [5, 5.41) is 4.54. The standard InChI is InChI=1S/C15H15N3O2/c1-10-13(19-2)6-4-11(15(10)20-3)12-5-7-14-16-8-9-18(14)17-12/h4-9H,1-3H3. The number of fused-ring (bicyclic) bond motifs is 1. The summed E-state index contributed by atoms with van der Waals surface area (Å²) in [4.78, 5) is 4.19. The molecule has 0 spiro atoms. The van der Waals surface area contributed by atoms with Crippen LogP contribution >= 0.6 is 0 Å². The quantitative estimate of drug-likeness (QED) is 0.733. The van der Waals surface area contributed by atoms with Crippen LogP contribution < -0.4 is 9.47 Å². The topological polar surface area (TPSA) is 48.7 Å². The van der Waals surface area contributed by atoms with Crippen LogP contribution in [-0.4, -0.2) is 28.8 Å². The molecule has 0 amide bonds. The van der Waals surface area contributed by atoms with Gasteiger partial charge in [-0.3, -0.25) is 0 Å². The molecular formula is C15H15N3O2. The van der Waals surface area contributed by atoms with E-state index >= 15 is 0 Å². The van der Waals surface area contributed by atoms with Gasteiger partial charge < -0.3 is 9.47 Å². The maximum Gasteiger partial charge on any atom is 0.153 e. The molecule has 2 heterocycles. The molecule has 2 aromatic heterocycles. The van der Waals surface area contributed by atoms with E-state index in [0.29, 0.717) is 0 Å². The second-order valence-corrected chi connectivity index (χ2v) is 4.42. The lowest BCUT2D eigenvalue weighted by Gasteiger charge is -2.14. The SMILES string of the molecule is COc1ccc(-c2ccc3nccn3n2)c(OC)c1C. The van der Waals surface area contributed by atoms with Gasteiger partial charge in [0.1, 0.15) is 11.5 Å². The van der Waals surface area contributed by atoms with E-state index in [2.05, 4.69) is 10.1 Å². The van der Waals surface area contributed by atoms with Crippen molar-refractivity contribution in [2.45, 2.75) is 6.92 Å². The first-order valence-corrected chi connectivity index (χ1v) is 6.27. The first-order chi connectivity index (χ1) is 9.74. The number of hydrogen-bond acceptors (Lipinski definition) is 4. The Bertz CT molecular complexity index is 765. The van der Waals surface area contributed by atoms with Crippen molar-refractivity contribution < 1.29 is 9.47 Å². The molecule has 20 heavy (non-hydrogen) atoms. The Labute approximate surface area is 116 Å². The summed E-state index contributed by atoms with van der Waals surface area (Å²) >= 11 is 0. The van der Waals surface area contributed by atoms with Crippen LogP contribution in [0.5, 0.6) is 11.5 Å². The van der Waals surface area contributed by atoms with E-state index in [9.17, 15) is 0 Å². The second kappa shape index (κ2) is 4.85. The fourth-order valence-corrected chi connectivity index (χ4v) is 2.32. The summed E-state index contributed by atoms with van der Waals surface area (Å²) in [6.45, 7) is 1.97. The summed E-state index contributed by atoms with van der Waals surface area (Å²) in [6.07, 6.45) is 3.55. The lowest BCUT2D eigenvalue weighted by atomic mass is 10.1. The van der Waals surface area contributed by atoms with Crippen LogP contribution in [-0.2, 0) is 0 Å². The van der Waals surface area contributed by atoms with Gasteiger partial charge in [-0.05, 0) is 31.2 Å². The Morgan fingerprint density at radius 2 is 1.90 bits per heavy atom. The maximum atomic E-state index is 5.52. The molecule has 5 heteroatoms. The van der Waals surface area contributed by atoms with E-state index in [0.717, 1.165) is 34.0 Å². The van der Waals surface area contributed by atoms with Gasteiger partial charge in [0, 0.05) is 23.5 Å². The zero-order chi connectivity index (χ0) is 14.1. The predicted octanol–water partition coefficient (Wildman–Crippen LogP) is 2.72. The zero-order valence-electron chi connectivity index (χ0n) is 11.6. The van der Waals surface area contributed by atoms with Gasteiger partial charge in [0.15, 0.2) is 5.65 Å². The molecule has 0 aliphatic rings. The third kappa shape index (κ3) is 1.87. The minimum absolute atomic E-state index is 0.774. The van der Waals surface area contributed by atoms with E-state index in [4.69, 9.17) is 9.47 Å². The minimum atomic E-state index is 0.774. The summed E-state index contributed by atoms with van der Waals surface area (Å²) in [5.74, 6) is 1.57. The monoisotopic (exact) mass is 269 g/mol. The van der Waals surface area contributed by atoms with Crippen LogP contribution in [0.2, 0.25) is 0 Å². The summed E-state index contributed by atoms with van der Waals surface area (Å²) < 4.78 is 12.6. The maximum absolute atomic E-state index is 5.52. The summed E-state index contributed by atoms with van der Waals surface area (Å²) in [7, 11) is 3.30. The number of imidazole rings is 1. The number of methoxy groups -OCH3 is 2. The third-order valence-electron chi connectivity index (χ3n) is 3.31. The molecule has 5 nitrogen and oxygen atoms in total. The number of aromatic nitrogens is 3. The molecule has 0 aliphatic carbocycles. The van der Waals surface area contributed by atoms with Gasteiger partial charge in [-0.2, -0.15) is 5.10 Å². The lowest BCUT2D eigenvalue weighted by molar-refractivity contribution is 0.390. The van der Waals surface area contributed by atoms with Crippen LogP contribution in [0.15, 0.2) is 36.7 Å². The van der Waals surface area contributed by atoms with Crippen molar-refractivity contribution in [1.82, 2.24) is 14.6 Å². The molecule has 3 aromatic rings. The molecule has 1 aromatic carbocycles. The highest BCUT2D eigenvalue weighted by Crippen LogP contribution is 2.36. The summed E-state index contributed by atoms with van der Waals surface area (Å²) in [6, 6.07) is 7.75. The molecule has 0 unspecified atom stereocenters. The van der Waals surface area contributed by atoms with Crippen molar-refractivity contribution in [2.24, 2.45) is 0 Å². The fraction of sp³-hybridized carbons (Fsp3) is 0.200. The van der Waals surface area contributed by atoms with Gasteiger partial charge in [0.05, 0.1) is 19.9 Å². The Balaban J connectivity index is 2.20. The van der Waals surface area contributed by atoms with Crippen molar-refractivity contribution in [2.75, 3.05) is 14.2 Å². The highest BCUT2D eigenvalue weighted by atomic mass is 16.5. The van der Waals surface area contributed by atoms with Crippen molar-refractivity contribution in [3.63, 3.8) is 0 Å². The minimum Gasteiger partial charge on any atom is -0.496 e. The van der Waals surface area contributed by atoms with E-state index in [1.54, 1.807) is 24.9 Å². The summed E-state index contributed by atoms with van der Waals surface area (Å²) in [5.41, 5.74) is 3.54. The molecule has 0 fully saturated rings. The van der Waals surface area contributed by atoms with Gasteiger partial charge in [-0.25, -0.2) is 9.50 Å². The Kier molecular flexibility index (Phi) is 3.02. The molecule has 102 valence electrons. The zero-order valence-corrected chi connectivity index (χ0v) is 11.6. The Hall–Kier alpha value is -2.56. The highest BCUT2D eigenvalue weighted by Gasteiger charge is 2.14. The smallest absolute Gasteiger partial charge is 0.153 e. The van der Waals surface area contributed by atoms with E-state index < -0.39 is 0 Å². The van der Waals surface area contributed by atoms with Crippen LogP contribution in [0.25, 0.3) is 16.9 Å². The van der Waals surface area contributed by atoms with Crippen LogP contribution in [0.3, 0.4) is 0 Å². The first kappa shape index (κ1) is 12.5. The predicted molar refractivity (Wildman–Crippen MR) is 76.3 cm³/mol. The number of ether oxygens (including phenoxy) is 2. The van der Waals surface area contributed by atoms with Gasteiger partial charge in [0.25, 0.3) is 0 Å². The van der Waals surface area contributed by atoms with Crippen molar-refractivity contribution in [1.29, 1.82) is 0 Å². The van der Waals surface area contributed by atoms with Gasteiger partial charge in [0.2, 0.25) is 0 Å². The van der Waals surface area contributed by atoms with Gasteiger partial charge in [-0.1, -0.05) is 0 Å². The second-order valence-electron chi connectivity index (χ2n) is 4.42. The van der Waals surface area contributed by atoms with Crippen LogP contribution in [0.4, 0.5) is 0 Å². The number of hydrogen-bond donors (Lipinski definition) is 0. The molecule has 0 atom stereocenters. The molecule has 3 rings (SSSR count). The highest BCUT2D eigenvalue weighted by molar-refractivity contribution is 5.71. The Morgan fingerprint density at radius 1 is 1.05 bits per heavy atom. The average molecular weight is 269 g/mol. The van der Waals surface area contributed by atoms with Crippen LogP contribution in [0, 0.1) is 6.92 Å². The molecular weight excluding hydrogens is 254 g/mol.